The van der Waals surface area contributed by atoms with Crippen LogP contribution in [0.25, 0.3) is 21.8 Å². The van der Waals surface area contributed by atoms with Crippen molar-refractivity contribution >= 4 is 51.3 Å². The van der Waals surface area contributed by atoms with Crippen molar-refractivity contribution in [2.24, 2.45) is 0 Å². The molecule has 3 heterocycles. The van der Waals surface area contributed by atoms with Gasteiger partial charge in [-0.3, -0.25) is 9.78 Å². The Labute approximate surface area is 147 Å². The molecule has 118 valence electrons. The van der Waals surface area contributed by atoms with E-state index in [4.69, 9.17) is 23.2 Å². The highest BCUT2D eigenvalue weighted by atomic mass is 35.5. The molecular weight excluding hydrogens is 345 g/mol. The van der Waals surface area contributed by atoms with Crippen LogP contribution in [0.4, 0.5) is 0 Å². The van der Waals surface area contributed by atoms with E-state index in [9.17, 15) is 4.79 Å². The standard InChI is InChI=1S/C18H11Cl2N3O/c19-14-4-12-3-11(1-2-16(12)21-6-14)8-23-9-13(10-24)15-5-18(20)22-7-17(15)23/h1-7,9-10H,8H2. The maximum Gasteiger partial charge on any atom is 0.152 e. The molecule has 4 aromatic rings. The van der Waals surface area contributed by atoms with Gasteiger partial charge >= 0.3 is 0 Å². The van der Waals surface area contributed by atoms with Crippen LogP contribution >= 0.6 is 23.2 Å². The van der Waals surface area contributed by atoms with E-state index >= 15 is 0 Å². The fourth-order valence-electron chi connectivity index (χ4n) is 2.86. The van der Waals surface area contributed by atoms with E-state index in [0.29, 0.717) is 22.3 Å². The van der Waals surface area contributed by atoms with E-state index in [-0.39, 0.29) is 0 Å². The molecule has 0 N–H and O–H groups in total. The first kappa shape index (κ1) is 15.1. The van der Waals surface area contributed by atoms with Crippen molar-refractivity contribution in [3.05, 3.63) is 70.2 Å². The summed E-state index contributed by atoms with van der Waals surface area (Å²) >= 11 is 12.0. The van der Waals surface area contributed by atoms with Crippen molar-refractivity contribution < 1.29 is 4.79 Å². The van der Waals surface area contributed by atoms with E-state index in [1.165, 1.54) is 0 Å². The quantitative estimate of drug-likeness (QED) is 0.393. The Morgan fingerprint density at radius 3 is 2.79 bits per heavy atom. The molecule has 0 bridgehead atoms. The van der Waals surface area contributed by atoms with Gasteiger partial charge in [0.1, 0.15) is 5.15 Å². The third kappa shape index (κ3) is 2.64. The highest BCUT2D eigenvalue weighted by Crippen LogP contribution is 2.24. The van der Waals surface area contributed by atoms with Gasteiger partial charge in [0.2, 0.25) is 0 Å². The summed E-state index contributed by atoms with van der Waals surface area (Å²) < 4.78 is 1.99. The number of aromatic nitrogens is 3. The molecule has 0 fully saturated rings. The molecule has 0 saturated heterocycles. The molecule has 3 aromatic heterocycles. The minimum Gasteiger partial charge on any atom is -0.341 e. The Bertz CT molecular complexity index is 1090. The molecule has 0 aliphatic heterocycles. The lowest BCUT2D eigenvalue weighted by molar-refractivity contribution is 0.112. The van der Waals surface area contributed by atoms with Crippen LogP contribution in [0.2, 0.25) is 10.2 Å². The molecule has 0 radical (unpaired) electrons. The molecular formula is C18H11Cl2N3O. The molecule has 4 nitrogen and oxygen atoms in total. The van der Waals surface area contributed by atoms with Gasteiger partial charge in [-0.15, -0.1) is 0 Å². The SMILES string of the molecule is O=Cc1cn(Cc2ccc3ncc(Cl)cc3c2)c2cnc(Cl)cc12. The minimum atomic E-state index is 0.370. The lowest BCUT2D eigenvalue weighted by atomic mass is 10.1. The molecule has 0 aliphatic rings. The second-order valence-corrected chi connectivity index (χ2v) is 6.36. The maximum atomic E-state index is 11.3. The predicted octanol–water partition coefficient (Wildman–Crippen LogP) is 4.75. The second kappa shape index (κ2) is 5.89. The zero-order valence-electron chi connectivity index (χ0n) is 12.4. The van der Waals surface area contributed by atoms with E-state index in [0.717, 1.165) is 33.7 Å². The topological polar surface area (TPSA) is 47.8 Å². The van der Waals surface area contributed by atoms with Gasteiger partial charge in [-0.25, -0.2) is 4.98 Å². The molecule has 0 amide bonds. The first-order chi connectivity index (χ1) is 11.6. The zero-order valence-corrected chi connectivity index (χ0v) is 13.9. The minimum absolute atomic E-state index is 0.370. The fourth-order valence-corrected chi connectivity index (χ4v) is 3.19. The Morgan fingerprint density at radius 2 is 1.96 bits per heavy atom. The van der Waals surface area contributed by atoms with Gasteiger partial charge in [0.05, 0.1) is 22.3 Å². The summed E-state index contributed by atoms with van der Waals surface area (Å²) in [7, 11) is 0. The summed E-state index contributed by atoms with van der Waals surface area (Å²) in [6.45, 7) is 0.607. The van der Waals surface area contributed by atoms with Crippen molar-refractivity contribution in [3.8, 4) is 0 Å². The summed E-state index contributed by atoms with van der Waals surface area (Å²) in [5.74, 6) is 0. The number of hydrogen-bond donors (Lipinski definition) is 0. The lowest BCUT2D eigenvalue weighted by Crippen LogP contribution is -1.98. The monoisotopic (exact) mass is 355 g/mol. The van der Waals surface area contributed by atoms with Gasteiger partial charge in [0.15, 0.2) is 6.29 Å². The van der Waals surface area contributed by atoms with Gasteiger partial charge in [0, 0.05) is 35.3 Å². The molecule has 0 unspecified atom stereocenters. The van der Waals surface area contributed by atoms with Crippen LogP contribution in [0.5, 0.6) is 0 Å². The summed E-state index contributed by atoms with van der Waals surface area (Å²) in [5, 5.41) is 2.76. The van der Waals surface area contributed by atoms with Crippen molar-refractivity contribution in [1.82, 2.24) is 14.5 Å². The first-order valence-corrected chi connectivity index (χ1v) is 8.03. The molecule has 24 heavy (non-hydrogen) atoms. The summed E-state index contributed by atoms with van der Waals surface area (Å²) in [6.07, 6.45) is 5.97. The third-order valence-electron chi connectivity index (χ3n) is 3.96. The Balaban J connectivity index is 1.80. The Kier molecular flexibility index (Phi) is 3.71. The first-order valence-electron chi connectivity index (χ1n) is 7.28. The summed E-state index contributed by atoms with van der Waals surface area (Å²) in [5.41, 5.74) is 3.43. The third-order valence-corrected chi connectivity index (χ3v) is 4.37. The fraction of sp³-hybridized carbons (Fsp3) is 0.0556. The average molecular weight is 356 g/mol. The van der Waals surface area contributed by atoms with Crippen LogP contribution in [-0.2, 0) is 6.54 Å². The van der Waals surface area contributed by atoms with Crippen LogP contribution in [-0.4, -0.2) is 20.8 Å². The van der Waals surface area contributed by atoms with Crippen LogP contribution in [0.15, 0.2) is 48.9 Å². The number of hydrogen-bond acceptors (Lipinski definition) is 3. The van der Waals surface area contributed by atoms with E-state index in [1.54, 1.807) is 18.5 Å². The zero-order chi connectivity index (χ0) is 16.7. The largest absolute Gasteiger partial charge is 0.341 e. The van der Waals surface area contributed by atoms with Crippen LogP contribution in [0, 0.1) is 0 Å². The van der Waals surface area contributed by atoms with Crippen LogP contribution in [0.1, 0.15) is 15.9 Å². The summed E-state index contributed by atoms with van der Waals surface area (Å²) in [6, 6.07) is 9.62. The van der Waals surface area contributed by atoms with Gasteiger partial charge < -0.3 is 4.57 Å². The number of halogens is 2. The number of benzene rings is 1. The van der Waals surface area contributed by atoms with Gasteiger partial charge in [-0.1, -0.05) is 29.3 Å². The molecule has 0 spiro atoms. The number of pyridine rings is 2. The lowest BCUT2D eigenvalue weighted by Gasteiger charge is -2.07. The normalized spacial score (nSPS) is 11.2. The van der Waals surface area contributed by atoms with E-state index in [1.807, 2.05) is 35.0 Å². The van der Waals surface area contributed by atoms with E-state index < -0.39 is 0 Å². The average Bonchev–Trinajstić information content (AvgIpc) is 2.91. The number of aldehydes is 1. The molecule has 0 saturated carbocycles. The van der Waals surface area contributed by atoms with Crippen molar-refractivity contribution in [3.63, 3.8) is 0 Å². The number of carbonyl (C=O) groups is 1. The number of nitrogens with zero attached hydrogens (tertiary/aromatic N) is 3. The molecule has 6 heteroatoms. The van der Waals surface area contributed by atoms with Crippen molar-refractivity contribution in [2.75, 3.05) is 0 Å². The molecule has 0 aliphatic carbocycles. The van der Waals surface area contributed by atoms with Crippen molar-refractivity contribution in [2.45, 2.75) is 6.54 Å². The smallest absolute Gasteiger partial charge is 0.152 e. The second-order valence-electron chi connectivity index (χ2n) is 5.53. The van der Waals surface area contributed by atoms with Crippen LogP contribution < -0.4 is 0 Å². The highest BCUT2D eigenvalue weighted by Gasteiger charge is 2.10. The summed E-state index contributed by atoms with van der Waals surface area (Å²) in [4.78, 5) is 19.7. The molecule has 0 atom stereocenters. The van der Waals surface area contributed by atoms with Crippen LogP contribution in [0.3, 0.4) is 0 Å². The molecule has 1 aromatic carbocycles. The van der Waals surface area contributed by atoms with E-state index in [2.05, 4.69) is 9.97 Å². The highest BCUT2D eigenvalue weighted by molar-refractivity contribution is 6.31. The molecule has 4 rings (SSSR count). The van der Waals surface area contributed by atoms with Gasteiger partial charge in [0.25, 0.3) is 0 Å². The van der Waals surface area contributed by atoms with Gasteiger partial charge in [-0.05, 0) is 29.8 Å². The maximum absolute atomic E-state index is 11.3. The predicted molar refractivity (Wildman–Crippen MR) is 96.0 cm³/mol. The Hall–Kier alpha value is -2.43. The Morgan fingerprint density at radius 1 is 1.08 bits per heavy atom. The van der Waals surface area contributed by atoms with Crippen molar-refractivity contribution in [1.29, 1.82) is 0 Å². The van der Waals surface area contributed by atoms with Gasteiger partial charge in [-0.2, -0.15) is 0 Å². The number of carbonyl (C=O) groups excluding carboxylic acids is 1. The number of rotatable bonds is 3. The number of fused-ring (bicyclic) bond motifs is 2.